The molecule has 0 radical (unpaired) electrons. The van der Waals surface area contributed by atoms with Crippen LogP contribution >= 0.6 is 11.6 Å². The zero-order valence-electron chi connectivity index (χ0n) is 10.3. The van der Waals surface area contributed by atoms with Crippen LogP contribution in [0.5, 0.6) is 0 Å². The van der Waals surface area contributed by atoms with Crippen LogP contribution in [0.3, 0.4) is 0 Å². The van der Waals surface area contributed by atoms with Crippen molar-refractivity contribution in [3.63, 3.8) is 0 Å². The number of ether oxygens (including phenoxy) is 1. The number of unbranched alkanes of at least 4 members (excludes halogenated alkanes) is 1. The van der Waals surface area contributed by atoms with Crippen LogP contribution in [0.4, 0.5) is 0 Å². The second-order valence-electron chi connectivity index (χ2n) is 3.95. The molecule has 0 spiro atoms. The zero-order valence-corrected chi connectivity index (χ0v) is 11.9. The zero-order chi connectivity index (χ0) is 12.6. The van der Waals surface area contributed by atoms with Gasteiger partial charge in [0.2, 0.25) is 10.0 Å². The summed E-state index contributed by atoms with van der Waals surface area (Å²) in [6.45, 7) is 4.69. The molecular weight excluding hydrogens is 250 g/mol. The predicted octanol–water partition coefficient (Wildman–Crippen LogP) is 1.69. The number of alkyl halides is 1. The standard InChI is InChI=1S/C10H22ClNO3S/c1-10(2)15-8-7-12(3)16(13,14)9-5-4-6-11/h10H,4-9H2,1-3H3. The third kappa shape index (κ3) is 7.44. The molecule has 0 heterocycles. The lowest BCUT2D eigenvalue weighted by molar-refractivity contribution is 0.0737. The monoisotopic (exact) mass is 271 g/mol. The quantitative estimate of drug-likeness (QED) is 0.474. The van der Waals surface area contributed by atoms with Crippen molar-refractivity contribution < 1.29 is 13.2 Å². The molecule has 0 aromatic rings. The maximum atomic E-state index is 11.7. The highest BCUT2D eigenvalue weighted by atomic mass is 35.5. The molecule has 0 aromatic carbocycles. The Morgan fingerprint density at radius 3 is 2.44 bits per heavy atom. The molecule has 0 aliphatic carbocycles. The predicted molar refractivity (Wildman–Crippen MR) is 67.5 cm³/mol. The second kappa shape index (κ2) is 8.28. The molecule has 0 N–H and O–H groups in total. The van der Waals surface area contributed by atoms with Crippen molar-refractivity contribution >= 4 is 21.6 Å². The number of hydrogen-bond acceptors (Lipinski definition) is 3. The number of halogens is 1. The lowest BCUT2D eigenvalue weighted by Gasteiger charge is -2.17. The van der Waals surface area contributed by atoms with Gasteiger partial charge in [-0.3, -0.25) is 0 Å². The summed E-state index contributed by atoms with van der Waals surface area (Å²) in [5.41, 5.74) is 0. The Bertz CT molecular complexity index is 267. The van der Waals surface area contributed by atoms with Crippen LogP contribution < -0.4 is 0 Å². The summed E-state index contributed by atoms with van der Waals surface area (Å²) in [4.78, 5) is 0. The van der Waals surface area contributed by atoms with E-state index in [4.69, 9.17) is 16.3 Å². The van der Waals surface area contributed by atoms with Gasteiger partial charge in [-0.2, -0.15) is 0 Å². The third-order valence-electron chi connectivity index (χ3n) is 2.12. The minimum atomic E-state index is -3.14. The molecule has 0 unspecified atom stereocenters. The molecule has 0 aliphatic rings. The molecule has 0 bridgehead atoms. The Balaban J connectivity index is 3.90. The van der Waals surface area contributed by atoms with Crippen molar-refractivity contribution in [2.24, 2.45) is 0 Å². The molecular formula is C10H22ClNO3S. The van der Waals surface area contributed by atoms with Crippen LogP contribution in [-0.2, 0) is 14.8 Å². The molecule has 6 heteroatoms. The summed E-state index contributed by atoms with van der Waals surface area (Å²) in [6.07, 6.45) is 1.48. The van der Waals surface area contributed by atoms with Crippen molar-refractivity contribution in [2.45, 2.75) is 32.8 Å². The largest absolute Gasteiger partial charge is 0.377 e. The van der Waals surface area contributed by atoms with Gasteiger partial charge in [0.25, 0.3) is 0 Å². The molecule has 0 aliphatic heterocycles. The number of likely N-dealkylation sites (N-methyl/N-ethyl adjacent to an activating group) is 1. The minimum Gasteiger partial charge on any atom is -0.377 e. The number of rotatable bonds is 9. The summed E-state index contributed by atoms with van der Waals surface area (Å²) in [5, 5.41) is 0. The molecule has 0 rings (SSSR count). The van der Waals surface area contributed by atoms with Gasteiger partial charge in [0.1, 0.15) is 0 Å². The molecule has 0 aromatic heterocycles. The fourth-order valence-corrected chi connectivity index (χ4v) is 2.51. The van der Waals surface area contributed by atoms with Crippen LogP contribution in [0.25, 0.3) is 0 Å². The van der Waals surface area contributed by atoms with Crippen LogP contribution in [0.1, 0.15) is 26.7 Å². The average Bonchev–Trinajstić information content (AvgIpc) is 2.17. The molecule has 0 atom stereocenters. The lowest BCUT2D eigenvalue weighted by Crippen LogP contribution is -2.32. The Labute approximate surface area is 104 Å². The molecule has 4 nitrogen and oxygen atoms in total. The van der Waals surface area contributed by atoms with Crippen molar-refractivity contribution in [2.75, 3.05) is 31.8 Å². The smallest absolute Gasteiger partial charge is 0.213 e. The SMILES string of the molecule is CC(C)OCCN(C)S(=O)(=O)CCCCCl. The van der Waals surface area contributed by atoms with Gasteiger partial charge in [-0.25, -0.2) is 12.7 Å². The fraction of sp³-hybridized carbons (Fsp3) is 1.00. The van der Waals surface area contributed by atoms with E-state index >= 15 is 0 Å². The number of nitrogens with zero attached hydrogens (tertiary/aromatic N) is 1. The summed E-state index contributed by atoms with van der Waals surface area (Å²) < 4.78 is 30.1. The van der Waals surface area contributed by atoms with Crippen LogP contribution in [0.2, 0.25) is 0 Å². The van der Waals surface area contributed by atoms with E-state index in [0.29, 0.717) is 25.5 Å². The van der Waals surface area contributed by atoms with E-state index in [1.165, 1.54) is 4.31 Å². The molecule has 0 saturated carbocycles. The summed E-state index contributed by atoms with van der Waals surface area (Å²) in [5.74, 6) is 0.674. The van der Waals surface area contributed by atoms with Gasteiger partial charge in [-0.05, 0) is 26.7 Å². The molecule has 98 valence electrons. The Kier molecular flexibility index (Phi) is 8.36. The van der Waals surface area contributed by atoms with Gasteiger partial charge in [0.15, 0.2) is 0 Å². The average molecular weight is 272 g/mol. The van der Waals surface area contributed by atoms with Crippen molar-refractivity contribution in [1.29, 1.82) is 0 Å². The maximum absolute atomic E-state index is 11.7. The fourth-order valence-electron chi connectivity index (χ4n) is 1.09. The van der Waals surface area contributed by atoms with Gasteiger partial charge in [-0.15, -0.1) is 11.6 Å². The first-order valence-electron chi connectivity index (χ1n) is 5.51. The Morgan fingerprint density at radius 2 is 1.94 bits per heavy atom. The van der Waals surface area contributed by atoms with E-state index in [0.717, 1.165) is 6.42 Å². The summed E-state index contributed by atoms with van der Waals surface area (Å²) in [7, 11) is -1.55. The van der Waals surface area contributed by atoms with E-state index in [9.17, 15) is 8.42 Å². The van der Waals surface area contributed by atoms with E-state index in [-0.39, 0.29) is 11.9 Å². The first-order valence-corrected chi connectivity index (χ1v) is 7.66. The van der Waals surface area contributed by atoms with Gasteiger partial charge >= 0.3 is 0 Å². The highest BCUT2D eigenvalue weighted by Crippen LogP contribution is 2.03. The Hall–Kier alpha value is 0.160. The molecule has 0 amide bonds. The Morgan fingerprint density at radius 1 is 1.31 bits per heavy atom. The van der Waals surface area contributed by atoms with Crippen LogP contribution in [0.15, 0.2) is 0 Å². The van der Waals surface area contributed by atoms with E-state index < -0.39 is 10.0 Å². The summed E-state index contributed by atoms with van der Waals surface area (Å²) in [6, 6.07) is 0. The van der Waals surface area contributed by atoms with Gasteiger partial charge in [0, 0.05) is 19.5 Å². The van der Waals surface area contributed by atoms with Crippen molar-refractivity contribution in [3.05, 3.63) is 0 Å². The van der Waals surface area contributed by atoms with Crippen molar-refractivity contribution in [3.8, 4) is 0 Å². The first kappa shape index (κ1) is 16.2. The minimum absolute atomic E-state index is 0.132. The topological polar surface area (TPSA) is 46.6 Å². The second-order valence-corrected chi connectivity index (χ2v) is 6.53. The van der Waals surface area contributed by atoms with Gasteiger partial charge < -0.3 is 4.74 Å². The molecule has 0 fully saturated rings. The molecule has 16 heavy (non-hydrogen) atoms. The normalized spacial score (nSPS) is 12.6. The van der Waals surface area contributed by atoms with Crippen LogP contribution in [0, 0.1) is 0 Å². The molecule has 0 saturated heterocycles. The van der Waals surface area contributed by atoms with E-state index in [1.807, 2.05) is 13.8 Å². The maximum Gasteiger partial charge on any atom is 0.213 e. The highest BCUT2D eigenvalue weighted by molar-refractivity contribution is 7.89. The highest BCUT2D eigenvalue weighted by Gasteiger charge is 2.16. The van der Waals surface area contributed by atoms with Gasteiger partial charge in [-0.1, -0.05) is 0 Å². The number of sulfonamides is 1. The van der Waals surface area contributed by atoms with E-state index in [2.05, 4.69) is 0 Å². The first-order chi connectivity index (χ1) is 7.40. The number of hydrogen-bond donors (Lipinski definition) is 0. The van der Waals surface area contributed by atoms with E-state index in [1.54, 1.807) is 7.05 Å². The van der Waals surface area contributed by atoms with Gasteiger partial charge in [0.05, 0.1) is 18.5 Å². The van der Waals surface area contributed by atoms with Crippen LogP contribution in [-0.4, -0.2) is 50.7 Å². The van der Waals surface area contributed by atoms with Crippen molar-refractivity contribution in [1.82, 2.24) is 4.31 Å². The third-order valence-corrected chi connectivity index (χ3v) is 4.32. The lowest BCUT2D eigenvalue weighted by atomic mass is 10.4. The summed E-state index contributed by atoms with van der Waals surface area (Å²) >= 11 is 5.50.